The van der Waals surface area contributed by atoms with Crippen molar-refractivity contribution in [3.8, 4) is 0 Å². The van der Waals surface area contributed by atoms with Gasteiger partial charge in [-0.05, 0) is 58.1 Å². The maximum absolute atomic E-state index is 14.5. The molecule has 1 aromatic carbocycles. The summed E-state index contributed by atoms with van der Waals surface area (Å²) in [6, 6.07) is 5.56. The minimum atomic E-state index is -0.618. The van der Waals surface area contributed by atoms with Crippen LogP contribution in [0.1, 0.15) is 64.9 Å². The topological polar surface area (TPSA) is 18.5 Å². The Kier molecular flexibility index (Phi) is 3.65. The van der Waals surface area contributed by atoms with Gasteiger partial charge < -0.3 is 9.31 Å². The highest BCUT2D eigenvalue weighted by Crippen LogP contribution is 2.37. The van der Waals surface area contributed by atoms with Crippen LogP contribution in [0.25, 0.3) is 0 Å². The first-order chi connectivity index (χ1) is 9.80. The molecule has 114 valence electrons. The average molecular weight is 290 g/mol. The van der Waals surface area contributed by atoms with E-state index >= 15 is 0 Å². The van der Waals surface area contributed by atoms with Gasteiger partial charge in [0.1, 0.15) is 5.82 Å². The molecular formula is C17H24BFO2. The van der Waals surface area contributed by atoms with Gasteiger partial charge >= 0.3 is 7.12 Å². The van der Waals surface area contributed by atoms with Crippen molar-refractivity contribution >= 4 is 12.6 Å². The molecule has 0 aromatic heterocycles. The lowest BCUT2D eigenvalue weighted by Gasteiger charge is -2.32. The second-order valence-corrected chi connectivity index (χ2v) is 7.35. The minimum Gasteiger partial charge on any atom is -0.399 e. The van der Waals surface area contributed by atoms with Crippen LogP contribution in [0, 0.1) is 5.82 Å². The third-order valence-corrected chi connectivity index (χ3v) is 5.36. The Hall–Kier alpha value is -0.865. The van der Waals surface area contributed by atoms with Crippen molar-refractivity contribution < 1.29 is 13.7 Å². The second kappa shape index (κ2) is 5.10. The van der Waals surface area contributed by atoms with E-state index in [2.05, 4.69) is 0 Å². The molecule has 2 nitrogen and oxygen atoms in total. The van der Waals surface area contributed by atoms with Gasteiger partial charge in [0, 0.05) is 5.46 Å². The van der Waals surface area contributed by atoms with Crippen molar-refractivity contribution in [1.29, 1.82) is 0 Å². The van der Waals surface area contributed by atoms with E-state index in [4.69, 9.17) is 9.31 Å². The van der Waals surface area contributed by atoms with Crippen LogP contribution in [-0.2, 0) is 9.31 Å². The van der Waals surface area contributed by atoms with Gasteiger partial charge in [0.2, 0.25) is 0 Å². The molecule has 0 amide bonds. The van der Waals surface area contributed by atoms with Gasteiger partial charge in [0.15, 0.2) is 0 Å². The van der Waals surface area contributed by atoms with Crippen LogP contribution in [0.15, 0.2) is 18.2 Å². The molecule has 1 saturated heterocycles. The summed E-state index contributed by atoms with van der Waals surface area (Å²) in [6.45, 7) is 7.94. The summed E-state index contributed by atoms with van der Waals surface area (Å²) in [4.78, 5) is 0. The predicted octanol–water partition coefficient (Wildman–Crippen LogP) is 3.78. The van der Waals surface area contributed by atoms with Gasteiger partial charge in [-0.2, -0.15) is 0 Å². The van der Waals surface area contributed by atoms with Gasteiger partial charge in [-0.15, -0.1) is 0 Å². The molecular weight excluding hydrogens is 266 g/mol. The van der Waals surface area contributed by atoms with Crippen molar-refractivity contribution in [3.63, 3.8) is 0 Å². The molecule has 0 atom stereocenters. The van der Waals surface area contributed by atoms with Crippen molar-refractivity contribution in [2.24, 2.45) is 0 Å². The smallest absolute Gasteiger partial charge is 0.399 e. The van der Waals surface area contributed by atoms with Crippen LogP contribution in [0.4, 0.5) is 4.39 Å². The first-order valence-electron chi connectivity index (χ1n) is 7.95. The van der Waals surface area contributed by atoms with Crippen molar-refractivity contribution in [2.75, 3.05) is 0 Å². The summed E-state index contributed by atoms with van der Waals surface area (Å²) in [5, 5.41) is 0. The monoisotopic (exact) mass is 290 g/mol. The lowest BCUT2D eigenvalue weighted by Crippen LogP contribution is -2.41. The van der Waals surface area contributed by atoms with Crippen LogP contribution in [-0.4, -0.2) is 18.3 Å². The number of halogens is 1. The molecule has 21 heavy (non-hydrogen) atoms. The Morgan fingerprint density at radius 1 is 1.05 bits per heavy atom. The van der Waals surface area contributed by atoms with E-state index in [1.54, 1.807) is 6.07 Å². The Morgan fingerprint density at radius 2 is 1.62 bits per heavy atom. The highest BCUT2D eigenvalue weighted by molar-refractivity contribution is 6.62. The average Bonchev–Trinajstić information content (AvgIpc) is 2.96. The number of hydrogen-bond donors (Lipinski definition) is 0. The standard InChI is InChI=1S/C17H24BFO2/c1-16(2)17(3,4)21-18(20-16)14-10-9-13(11-15(14)19)12-7-5-6-8-12/h9-12H,5-8H2,1-4H3. The van der Waals surface area contributed by atoms with Gasteiger partial charge in [0.25, 0.3) is 0 Å². The summed E-state index contributed by atoms with van der Waals surface area (Å²) in [6.07, 6.45) is 4.86. The van der Waals surface area contributed by atoms with Crippen molar-refractivity contribution in [3.05, 3.63) is 29.6 Å². The molecule has 1 aliphatic carbocycles. The SMILES string of the molecule is CC1(C)OB(c2ccc(C3CCCC3)cc2F)OC1(C)C. The third kappa shape index (κ3) is 2.64. The largest absolute Gasteiger partial charge is 0.497 e. The molecule has 1 heterocycles. The van der Waals surface area contributed by atoms with E-state index in [-0.39, 0.29) is 5.82 Å². The minimum absolute atomic E-state index is 0.210. The first-order valence-corrected chi connectivity index (χ1v) is 7.95. The third-order valence-electron chi connectivity index (χ3n) is 5.36. The molecule has 2 fully saturated rings. The van der Waals surface area contributed by atoms with E-state index < -0.39 is 18.3 Å². The van der Waals surface area contributed by atoms with Crippen LogP contribution >= 0.6 is 0 Å². The quantitative estimate of drug-likeness (QED) is 0.772. The number of benzene rings is 1. The first kappa shape index (κ1) is 15.0. The van der Waals surface area contributed by atoms with E-state index in [0.717, 1.165) is 5.56 Å². The molecule has 1 aromatic rings. The Labute approximate surface area is 127 Å². The summed E-state index contributed by atoms with van der Waals surface area (Å²) in [7, 11) is -0.618. The molecule has 1 aliphatic heterocycles. The highest BCUT2D eigenvalue weighted by Gasteiger charge is 2.52. The number of hydrogen-bond acceptors (Lipinski definition) is 2. The fourth-order valence-electron chi connectivity index (χ4n) is 3.22. The van der Waals surface area contributed by atoms with Gasteiger partial charge in [-0.3, -0.25) is 0 Å². The highest BCUT2D eigenvalue weighted by atomic mass is 19.1. The summed E-state index contributed by atoms with van der Waals surface area (Å²) in [5.74, 6) is 0.310. The molecule has 0 bridgehead atoms. The Morgan fingerprint density at radius 3 is 2.14 bits per heavy atom. The van der Waals surface area contributed by atoms with Crippen LogP contribution < -0.4 is 5.46 Å². The maximum Gasteiger partial charge on any atom is 0.497 e. The summed E-state index contributed by atoms with van der Waals surface area (Å²) < 4.78 is 26.4. The summed E-state index contributed by atoms with van der Waals surface area (Å²) >= 11 is 0. The molecule has 3 rings (SSSR count). The van der Waals surface area contributed by atoms with Gasteiger partial charge in [0.05, 0.1) is 11.2 Å². The summed E-state index contributed by atoms with van der Waals surface area (Å²) in [5.41, 5.74) is 0.753. The Balaban J connectivity index is 1.84. The van der Waals surface area contributed by atoms with E-state index in [1.807, 2.05) is 39.8 Å². The van der Waals surface area contributed by atoms with Crippen molar-refractivity contribution in [2.45, 2.75) is 70.5 Å². The molecule has 4 heteroatoms. The molecule has 0 spiro atoms. The fraction of sp³-hybridized carbons (Fsp3) is 0.647. The van der Waals surface area contributed by atoms with Crippen LogP contribution in [0.2, 0.25) is 0 Å². The van der Waals surface area contributed by atoms with Gasteiger partial charge in [-0.25, -0.2) is 4.39 Å². The van der Waals surface area contributed by atoms with E-state index in [0.29, 0.717) is 11.4 Å². The fourth-order valence-corrected chi connectivity index (χ4v) is 3.22. The second-order valence-electron chi connectivity index (χ2n) is 7.35. The molecule has 0 unspecified atom stereocenters. The molecule has 0 radical (unpaired) electrons. The zero-order valence-electron chi connectivity index (χ0n) is 13.4. The van der Waals surface area contributed by atoms with E-state index in [9.17, 15) is 4.39 Å². The normalized spacial score (nSPS) is 24.7. The zero-order valence-corrected chi connectivity index (χ0v) is 13.4. The lowest BCUT2D eigenvalue weighted by atomic mass is 9.77. The van der Waals surface area contributed by atoms with Crippen LogP contribution in [0.3, 0.4) is 0 Å². The maximum atomic E-state index is 14.5. The van der Waals surface area contributed by atoms with Crippen LogP contribution in [0.5, 0.6) is 0 Å². The zero-order chi connectivity index (χ0) is 15.3. The van der Waals surface area contributed by atoms with Crippen molar-refractivity contribution in [1.82, 2.24) is 0 Å². The Bertz CT molecular complexity index is 520. The molecule has 2 aliphatic rings. The number of rotatable bonds is 2. The molecule has 1 saturated carbocycles. The van der Waals surface area contributed by atoms with E-state index in [1.165, 1.54) is 25.7 Å². The molecule has 0 N–H and O–H groups in total. The van der Waals surface area contributed by atoms with Gasteiger partial charge in [-0.1, -0.05) is 25.0 Å². The lowest BCUT2D eigenvalue weighted by molar-refractivity contribution is 0.00578. The predicted molar refractivity (Wildman–Crippen MR) is 83.3 cm³/mol.